The van der Waals surface area contributed by atoms with Gasteiger partial charge in [-0.25, -0.2) is 4.79 Å². The summed E-state index contributed by atoms with van der Waals surface area (Å²) in [6.45, 7) is 2.87. The summed E-state index contributed by atoms with van der Waals surface area (Å²) in [5.41, 5.74) is 5.33. The maximum Gasteiger partial charge on any atom is 0.407 e. The van der Waals surface area contributed by atoms with Gasteiger partial charge < -0.3 is 25.8 Å². The number of rotatable bonds is 10. The van der Waals surface area contributed by atoms with Crippen LogP contribution in [0.15, 0.2) is 60.2 Å². The molecule has 0 saturated carbocycles. The molecule has 1 aliphatic carbocycles. The second kappa shape index (κ2) is 11.8. The zero-order chi connectivity index (χ0) is 25.4. The number of benzene rings is 2. The minimum Gasteiger partial charge on any atom is -0.480 e. The number of amides is 3. The molecule has 9 heteroatoms. The molecule has 0 aromatic heterocycles. The minimum atomic E-state index is -1.19. The van der Waals surface area contributed by atoms with Gasteiger partial charge in [0.15, 0.2) is 0 Å². The van der Waals surface area contributed by atoms with E-state index in [1.165, 1.54) is 0 Å². The van der Waals surface area contributed by atoms with E-state index in [1.807, 2.05) is 62.4 Å². The number of hydrogen-bond acceptors (Lipinski definition) is 5. The van der Waals surface area contributed by atoms with Crippen LogP contribution >= 0.6 is 0 Å². The standard InChI is InChI=1S/C26H29N3O6/c1-16(2)11-12-22(25(33)28-13-23(30)27-14-24(31)32)29-26(34)35-15-21-19-9-5-3-7-17(19)18-8-4-6-10-20(18)21/h3-11,21-22H,12-15H2,1-2H3,(H,27,30)(H,28,33)(H,29,34)(H,31,32). The number of hydrogen-bond donors (Lipinski definition) is 4. The van der Waals surface area contributed by atoms with Crippen LogP contribution in [0.3, 0.4) is 0 Å². The predicted molar refractivity (Wildman–Crippen MR) is 130 cm³/mol. The Morgan fingerprint density at radius 1 is 0.943 bits per heavy atom. The van der Waals surface area contributed by atoms with Crippen molar-refractivity contribution in [3.63, 3.8) is 0 Å². The summed E-state index contributed by atoms with van der Waals surface area (Å²) in [5, 5.41) is 15.8. The number of allylic oxidation sites excluding steroid dienone is 1. The van der Waals surface area contributed by atoms with Crippen LogP contribution in [-0.2, 0) is 19.1 Å². The van der Waals surface area contributed by atoms with E-state index < -0.39 is 43.0 Å². The lowest BCUT2D eigenvalue weighted by Crippen LogP contribution is -2.49. The molecule has 2 aromatic carbocycles. The van der Waals surface area contributed by atoms with Crippen LogP contribution in [0.2, 0.25) is 0 Å². The maximum absolute atomic E-state index is 12.6. The molecule has 3 amide bonds. The number of carbonyl (C=O) groups excluding carboxylic acids is 3. The molecular weight excluding hydrogens is 450 g/mol. The number of carboxylic acids is 1. The van der Waals surface area contributed by atoms with Gasteiger partial charge >= 0.3 is 12.1 Å². The molecule has 0 heterocycles. The minimum absolute atomic E-state index is 0.106. The lowest BCUT2D eigenvalue weighted by molar-refractivity contribution is -0.137. The van der Waals surface area contributed by atoms with Gasteiger partial charge in [0.1, 0.15) is 19.2 Å². The molecule has 0 spiro atoms. The fourth-order valence-electron chi connectivity index (χ4n) is 3.89. The Kier molecular flexibility index (Phi) is 8.61. The predicted octanol–water partition coefficient (Wildman–Crippen LogP) is 2.57. The number of fused-ring (bicyclic) bond motifs is 3. The lowest BCUT2D eigenvalue weighted by Gasteiger charge is -2.19. The second-order valence-electron chi connectivity index (χ2n) is 8.43. The summed E-state index contributed by atoms with van der Waals surface area (Å²) in [4.78, 5) is 47.5. The Balaban J connectivity index is 1.61. The quantitative estimate of drug-likeness (QED) is 0.387. The Morgan fingerprint density at radius 3 is 2.11 bits per heavy atom. The third-order valence-electron chi connectivity index (χ3n) is 5.57. The highest BCUT2D eigenvalue weighted by molar-refractivity contribution is 5.90. The van der Waals surface area contributed by atoms with Crippen molar-refractivity contribution in [1.82, 2.24) is 16.0 Å². The molecule has 2 aromatic rings. The van der Waals surface area contributed by atoms with E-state index in [2.05, 4.69) is 16.0 Å². The van der Waals surface area contributed by atoms with E-state index in [0.29, 0.717) is 0 Å². The largest absolute Gasteiger partial charge is 0.480 e. The average Bonchev–Trinajstić information content (AvgIpc) is 3.16. The zero-order valence-electron chi connectivity index (χ0n) is 19.7. The van der Waals surface area contributed by atoms with Gasteiger partial charge in [0.05, 0.1) is 6.54 Å². The van der Waals surface area contributed by atoms with Crippen molar-refractivity contribution in [2.75, 3.05) is 19.7 Å². The third kappa shape index (κ3) is 6.92. The zero-order valence-corrected chi connectivity index (χ0v) is 19.7. The van der Waals surface area contributed by atoms with Crippen molar-refractivity contribution < 1.29 is 29.0 Å². The molecule has 184 valence electrons. The van der Waals surface area contributed by atoms with Crippen molar-refractivity contribution in [1.29, 1.82) is 0 Å². The summed E-state index contributed by atoms with van der Waals surface area (Å²) in [5.74, 6) is -2.54. The summed E-state index contributed by atoms with van der Waals surface area (Å²) in [6, 6.07) is 15.0. The number of ether oxygens (including phenoxy) is 1. The molecule has 3 rings (SSSR count). The number of carbonyl (C=O) groups is 4. The van der Waals surface area contributed by atoms with Crippen LogP contribution in [0, 0.1) is 0 Å². The van der Waals surface area contributed by atoms with Crippen LogP contribution < -0.4 is 16.0 Å². The van der Waals surface area contributed by atoms with Crippen LogP contribution in [0.25, 0.3) is 11.1 Å². The van der Waals surface area contributed by atoms with Gasteiger partial charge in [-0.2, -0.15) is 0 Å². The molecule has 0 bridgehead atoms. The third-order valence-corrected chi connectivity index (χ3v) is 5.57. The molecule has 1 unspecified atom stereocenters. The Morgan fingerprint density at radius 2 is 1.54 bits per heavy atom. The van der Waals surface area contributed by atoms with E-state index in [4.69, 9.17) is 9.84 Å². The first-order chi connectivity index (χ1) is 16.8. The molecule has 0 aliphatic heterocycles. The molecule has 1 aliphatic rings. The molecule has 1 atom stereocenters. The van der Waals surface area contributed by atoms with Crippen molar-refractivity contribution in [2.24, 2.45) is 0 Å². The number of alkyl carbamates (subject to hydrolysis) is 1. The normalized spacial score (nSPS) is 12.5. The number of carboxylic acid groups (broad SMARTS) is 1. The van der Waals surface area contributed by atoms with Crippen molar-refractivity contribution in [2.45, 2.75) is 32.2 Å². The molecule has 4 N–H and O–H groups in total. The number of aliphatic carboxylic acids is 1. The maximum atomic E-state index is 12.6. The fraction of sp³-hybridized carbons (Fsp3) is 0.308. The first kappa shape index (κ1) is 25.5. The highest BCUT2D eigenvalue weighted by Gasteiger charge is 2.29. The first-order valence-electron chi connectivity index (χ1n) is 11.3. The summed E-state index contributed by atoms with van der Waals surface area (Å²) >= 11 is 0. The summed E-state index contributed by atoms with van der Waals surface area (Å²) in [7, 11) is 0. The van der Waals surface area contributed by atoms with Crippen molar-refractivity contribution in [3.8, 4) is 11.1 Å². The van der Waals surface area contributed by atoms with Crippen LogP contribution in [0.5, 0.6) is 0 Å². The van der Waals surface area contributed by atoms with Crippen molar-refractivity contribution >= 4 is 23.9 Å². The average molecular weight is 480 g/mol. The van der Waals surface area contributed by atoms with E-state index in [1.54, 1.807) is 6.08 Å². The summed E-state index contributed by atoms with van der Waals surface area (Å²) < 4.78 is 5.52. The second-order valence-corrected chi connectivity index (χ2v) is 8.43. The smallest absolute Gasteiger partial charge is 0.407 e. The highest BCUT2D eigenvalue weighted by Crippen LogP contribution is 2.44. The van der Waals surface area contributed by atoms with Gasteiger partial charge in [-0.3, -0.25) is 14.4 Å². The monoisotopic (exact) mass is 479 g/mol. The molecule has 0 saturated heterocycles. The molecule has 9 nitrogen and oxygen atoms in total. The van der Waals surface area contributed by atoms with E-state index >= 15 is 0 Å². The van der Waals surface area contributed by atoms with Gasteiger partial charge in [-0.05, 0) is 42.5 Å². The van der Waals surface area contributed by atoms with Gasteiger partial charge in [0.25, 0.3) is 0 Å². The highest BCUT2D eigenvalue weighted by atomic mass is 16.5. The molecule has 0 radical (unpaired) electrons. The van der Waals surface area contributed by atoms with Gasteiger partial charge in [0.2, 0.25) is 11.8 Å². The Hall–Kier alpha value is -4.14. The molecule has 0 fully saturated rings. The SMILES string of the molecule is CC(C)=CCC(NC(=O)OCC1c2ccccc2-c2ccccc21)C(=O)NCC(=O)NCC(=O)O. The Labute approximate surface area is 203 Å². The van der Waals surface area contributed by atoms with E-state index in [-0.39, 0.29) is 18.9 Å². The van der Waals surface area contributed by atoms with Crippen LogP contribution in [0.1, 0.15) is 37.3 Å². The fourth-order valence-corrected chi connectivity index (χ4v) is 3.89. The number of nitrogens with one attached hydrogen (secondary N) is 3. The van der Waals surface area contributed by atoms with Crippen molar-refractivity contribution in [3.05, 3.63) is 71.3 Å². The van der Waals surface area contributed by atoms with Crippen LogP contribution in [-0.4, -0.2) is 54.7 Å². The van der Waals surface area contributed by atoms with E-state index in [0.717, 1.165) is 27.8 Å². The van der Waals surface area contributed by atoms with Gasteiger partial charge in [0, 0.05) is 5.92 Å². The molecule has 35 heavy (non-hydrogen) atoms. The topological polar surface area (TPSA) is 134 Å². The van der Waals surface area contributed by atoms with Gasteiger partial charge in [-0.1, -0.05) is 60.2 Å². The Bertz CT molecular complexity index is 1090. The lowest BCUT2D eigenvalue weighted by atomic mass is 9.98. The first-order valence-corrected chi connectivity index (χ1v) is 11.3. The summed E-state index contributed by atoms with van der Waals surface area (Å²) in [6.07, 6.45) is 1.25. The van der Waals surface area contributed by atoms with E-state index in [9.17, 15) is 19.2 Å². The van der Waals surface area contributed by atoms with Crippen LogP contribution in [0.4, 0.5) is 4.79 Å². The van der Waals surface area contributed by atoms with Gasteiger partial charge in [-0.15, -0.1) is 0 Å². The molecular formula is C26H29N3O6.